The number of hydrogen-bond donors (Lipinski definition) is 1. The molecule has 1 unspecified atom stereocenters. The Hall–Kier alpha value is -0.800. The first-order chi connectivity index (χ1) is 9.21. The van der Waals surface area contributed by atoms with Gasteiger partial charge in [-0.2, -0.15) is 0 Å². The smallest absolute Gasteiger partial charge is 0.0352 e. The topological polar surface area (TPSA) is 34.2 Å². The molecule has 0 spiro atoms. The molecule has 2 N–H and O–H groups in total. The SMILES string of the molecule is Cc1cc2c(n1CCN(C)C(C)C)CC(C)(C)CC2N. The molecule has 0 saturated heterocycles. The molecule has 114 valence electrons. The number of rotatable bonds is 4. The van der Waals surface area contributed by atoms with Crippen LogP contribution in [0.25, 0.3) is 0 Å². The fourth-order valence-electron chi connectivity index (χ4n) is 3.33. The summed E-state index contributed by atoms with van der Waals surface area (Å²) in [6.07, 6.45) is 2.24. The van der Waals surface area contributed by atoms with E-state index in [2.05, 4.69) is 57.2 Å². The van der Waals surface area contributed by atoms with Crippen LogP contribution in [0.5, 0.6) is 0 Å². The van der Waals surface area contributed by atoms with Crippen molar-refractivity contribution in [3.05, 3.63) is 23.0 Å². The summed E-state index contributed by atoms with van der Waals surface area (Å²) < 4.78 is 2.50. The summed E-state index contributed by atoms with van der Waals surface area (Å²) >= 11 is 0. The average molecular weight is 277 g/mol. The van der Waals surface area contributed by atoms with E-state index < -0.39 is 0 Å². The minimum Gasteiger partial charge on any atom is -0.347 e. The van der Waals surface area contributed by atoms with E-state index in [0.717, 1.165) is 25.9 Å². The summed E-state index contributed by atoms with van der Waals surface area (Å²) in [7, 11) is 2.20. The maximum Gasteiger partial charge on any atom is 0.0352 e. The zero-order valence-corrected chi connectivity index (χ0v) is 14.0. The van der Waals surface area contributed by atoms with Gasteiger partial charge in [0.15, 0.2) is 0 Å². The third kappa shape index (κ3) is 3.09. The van der Waals surface area contributed by atoms with E-state index in [1.807, 2.05) is 0 Å². The standard InChI is InChI=1S/C17H31N3/c1-12(2)19(6)7-8-20-13(3)9-14-15(18)10-17(4,5)11-16(14)20/h9,12,15H,7-8,10-11,18H2,1-6H3. The largest absolute Gasteiger partial charge is 0.347 e. The van der Waals surface area contributed by atoms with Crippen molar-refractivity contribution in [1.82, 2.24) is 9.47 Å². The molecule has 3 heteroatoms. The quantitative estimate of drug-likeness (QED) is 0.917. The van der Waals surface area contributed by atoms with Crippen molar-refractivity contribution in [1.29, 1.82) is 0 Å². The van der Waals surface area contributed by atoms with Crippen molar-refractivity contribution >= 4 is 0 Å². The van der Waals surface area contributed by atoms with Crippen LogP contribution in [0.3, 0.4) is 0 Å². The minimum absolute atomic E-state index is 0.205. The van der Waals surface area contributed by atoms with Gasteiger partial charge in [0.2, 0.25) is 0 Å². The Kier molecular flexibility index (Phi) is 4.31. The van der Waals surface area contributed by atoms with Crippen LogP contribution >= 0.6 is 0 Å². The molecule has 0 saturated carbocycles. The minimum atomic E-state index is 0.205. The summed E-state index contributed by atoms with van der Waals surface area (Å²) in [4.78, 5) is 2.40. The van der Waals surface area contributed by atoms with Gasteiger partial charge in [-0.3, -0.25) is 0 Å². The van der Waals surface area contributed by atoms with Crippen molar-refractivity contribution in [3.8, 4) is 0 Å². The lowest BCUT2D eigenvalue weighted by molar-refractivity contribution is 0.251. The van der Waals surface area contributed by atoms with Crippen LogP contribution in [0.15, 0.2) is 6.07 Å². The Bertz CT molecular complexity index is 471. The van der Waals surface area contributed by atoms with Crippen molar-refractivity contribution < 1.29 is 0 Å². The van der Waals surface area contributed by atoms with E-state index in [9.17, 15) is 0 Å². The lowest BCUT2D eigenvalue weighted by Crippen LogP contribution is -2.33. The molecule has 1 aliphatic carbocycles. The average Bonchev–Trinajstić information content (AvgIpc) is 2.61. The highest BCUT2D eigenvalue weighted by molar-refractivity contribution is 5.34. The van der Waals surface area contributed by atoms with Gasteiger partial charge < -0.3 is 15.2 Å². The summed E-state index contributed by atoms with van der Waals surface area (Å²) in [5, 5.41) is 0. The van der Waals surface area contributed by atoms with Crippen LogP contribution in [0.4, 0.5) is 0 Å². The van der Waals surface area contributed by atoms with Gasteiger partial charge in [-0.05, 0) is 57.7 Å². The Morgan fingerprint density at radius 1 is 1.45 bits per heavy atom. The predicted molar refractivity (Wildman–Crippen MR) is 86.0 cm³/mol. The van der Waals surface area contributed by atoms with Crippen molar-refractivity contribution in [3.63, 3.8) is 0 Å². The second-order valence-corrected chi connectivity index (χ2v) is 7.57. The Morgan fingerprint density at radius 2 is 2.10 bits per heavy atom. The normalized spacial score (nSPS) is 21.6. The number of hydrogen-bond acceptors (Lipinski definition) is 2. The highest BCUT2D eigenvalue weighted by Crippen LogP contribution is 2.40. The van der Waals surface area contributed by atoms with Gasteiger partial charge >= 0.3 is 0 Å². The van der Waals surface area contributed by atoms with Crippen LogP contribution < -0.4 is 5.73 Å². The number of nitrogens with zero attached hydrogens (tertiary/aromatic N) is 2. The number of likely N-dealkylation sites (N-methyl/N-ethyl adjacent to an activating group) is 1. The lowest BCUT2D eigenvalue weighted by Gasteiger charge is -2.35. The monoisotopic (exact) mass is 277 g/mol. The first-order valence-corrected chi connectivity index (χ1v) is 7.86. The zero-order valence-electron chi connectivity index (χ0n) is 14.0. The molecule has 1 heterocycles. The molecule has 0 fully saturated rings. The van der Waals surface area contributed by atoms with E-state index in [1.54, 1.807) is 0 Å². The molecule has 0 radical (unpaired) electrons. The van der Waals surface area contributed by atoms with Gasteiger partial charge in [0.05, 0.1) is 0 Å². The molecule has 1 aromatic rings. The summed E-state index contributed by atoms with van der Waals surface area (Å²) in [5.74, 6) is 0. The van der Waals surface area contributed by atoms with Crippen LogP contribution in [0.1, 0.15) is 57.1 Å². The molecule has 1 atom stereocenters. The van der Waals surface area contributed by atoms with Gasteiger partial charge in [-0.15, -0.1) is 0 Å². The van der Waals surface area contributed by atoms with Crippen LogP contribution in [0.2, 0.25) is 0 Å². The van der Waals surface area contributed by atoms with E-state index in [1.165, 1.54) is 17.0 Å². The molecule has 0 aliphatic heterocycles. The van der Waals surface area contributed by atoms with Crippen molar-refractivity contribution in [2.24, 2.45) is 11.1 Å². The first kappa shape index (κ1) is 15.6. The third-order valence-electron chi connectivity index (χ3n) is 4.83. The predicted octanol–water partition coefficient (Wildman–Crippen LogP) is 3.11. The highest BCUT2D eigenvalue weighted by atomic mass is 15.1. The number of aryl methyl sites for hydroxylation is 1. The third-order valence-corrected chi connectivity index (χ3v) is 4.83. The summed E-state index contributed by atoms with van der Waals surface area (Å²) in [5.41, 5.74) is 10.9. The first-order valence-electron chi connectivity index (χ1n) is 7.86. The second kappa shape index (κ2) is 5.53. The van der Waals surface area contributed by atoms with E-state index in [-0.39, 0.29) is 6.04 Å². The number of nitrogens with two attached hydrogens (primary N) is 1. The highest BCUT2D eigenvalue weighted by Gasteiger charge is 2.33. The maximum atomic E-state index is 6.38. The molecular formula is C17H31N3. The Labute approximate surface area is 124 Å². The maximum absolute atomic E-state index is 6.38. The molecule has 1 aromatic heterocycles. The fraction of sp³-hybridized carbons (Fsp3) is 0.765. The Morgan fingerprint density at radius 3 is 2.70 bits per heavy atom. The van der Waals surface area contributed by atoms with Gasteiger partial charge in [0.25, 0.3) is 0 Å². The number of fused-ring (bicyclic) bond motifs is 1. The molecule has 1 aliphatic rings. The zero-order chi connectivity index (χ0) is 15.1. The molecular weight excluding hydrogens is 246 g/mol. The second-order valence-electron chi connectivity index (χ2n) is 7.57. The molecule has 3 nitrogen and oxygen atoms in total. The van der Waals surface area contributed by atoms with Gasteiger partial charge in [0.1, 0.15) is 0 Å². The molecule has 0 bridgehead atoms. The molecule has 2 rings (SSSR count). The van der Waals surface area contributed by atoms with Gasteiger partial charge in [0, 0.05) is 36.6 Å². The van der Waals surface area contributed by atoms with Crippen LogP contribution in [-0.2, 0) is 13.0 Å². The summed E-state index contributed by atoms with van der Waals surface area (Å²) in [6, 6.07) is 3.11. The van der Waals surface area contributed by atoms with Gasteiger partial charge in [-0.1, -0.05) is 13.8 Å². The van der Waals surface area contributed by atoms with Crippen LogP contribution in [0, 0.1) is 12.3 Å². The van der Waals surface area contributed by atoms with E-state index >= 15 is 0 Å². The van der Waals surface area contributed by atoms with E-state index in [4.69, 9.17) is 5.73 Å². The summed E-state index contributed by atoms with van der Waals surface area (Å²) in [6.45, 7) is 13.5. The van der Waals surface area contributed by atoms with Gasteiger partial charge in [-0.25, -0.2) is 0 Å². The molecule has 0 amide bonds. The molecule has 20 heavy (non-hydrogen) atoms. The Balaban J connectivity index is 2.23. The lowest BCUT2D eigenvalue weighted by atomic mass is 9.74. The van der Waals surface area contributed by atoms with Crippen molar-refractivity contribution in [2.45, 2.75) is 66.1 Å². The molecule has 0 aromatic carbocycles. The van der Waals surface area contributed by atoms with Crippen molar-refractivity contribution in [2.75, 3.05) is 13.6 Å². The van der Waals surface area contributed by atoms with E-state index in [0.29, 0.717) is 11.5 Å². The van der Waals surface area contributed by atoms with Crippen LogP contribution in [-0.4, -0.2) is 29.1 Å². The fourth-order valence-corrected chi connectivity index (χ4v) is 3.33. The number of aromatic nitrogens is 1.